The van der Waals surface area contributed by atoms with Gasteiger partial charge in [0.25, 0.3) is 0 Å². The zero-order valence-electron chi connectivity index (χ0n) is 9.57. The van der Waals surface area contributed by atoms with E-state index in [0.717, 1.165) is 0 Å². The Kier molecular flexibility index (Phi) is 5.60. The van der Waals surface area contributed by atoms with Crippen LogP contribution in [0, 0.1) is 0 Å². The third-order valence-electron chi connectivity index (χ3n) is 2.11. The molecule has 1 unspecified atom stereocenters. The van der Waals surface area contributed by atoms with Gasteiger partial charge in [-0.3, -0.25) is 0 Å². The number of hydrogen-bond donors (Lipinski definition) is 1. The molecule has 0 aliphatic carbocycles. The molecular formula is C12H17ClO3. The molecule has 0 amide bonds. The summed E-state index contributed by atoms with van der Waals surface area (Å²) in [6, 6.07) is 5.21. The molecule has 1 rings (SSSR count). The summed E-state index contributed by atoms with van der Waals surface area (Å²) in [5.41, 5.74) is 0.698. The Morgan fingerprint density at radius 3 is 2.75 bits per heavy atom. The largest absolute Gasteiger partial charge is 0.491 e. The lowest BCUT2D eigenvalue weighted by Gasteiger charge is -2.13. The van der Waals surface area contributed by atoms with Crippen molar-refractivity contribution in [1.29, 1.82) is 0 Å². The quantitative estimate of drug-likeness (QED) is 0.782. The van der Waals surface area contributed by atoms with Crippen LogP contribution in [-0.4, -0.2) is 24.9 Å². The maximum absolute atomic E-state index is 9.56. The van der Waals surface area contributed by atoms with Gasteiger partial charge in [0.05, 0.1) is 12.7 Å². The zero-order chi connectivity index (χ0) is 12.0. The Morgan fingerprint density at radius 1 is 1.38 bits per heavy atom. The molecule has 1 atom stereocenters. The molecule has 1 aromatic rings. The second-order valence-corrected chi connectivity index (χ2v) is 3.84. The van der Waals surface area contributed by atoms with Gasteiger partial charge in [-0.1, -0.05) is 11.6 Å². The van der Waals surface area contributed by atoms with Crippen LogP contribution in [0.1, 0.15) is 25.5 Å². The highest BCUT2D eigenvalue weighted by Gasteiger charge is 2.09. The number of halogens is 1. The van der Waals surface area contributed by atoms with Crippen LogP contribution < -0.4 is 4.74 Å². The summed E-state index contributed by atoms with van der Waals surface area (Å²) in [5.74, 6) is 0.652. The van der Waals surface area contributed by atoms with Crippen LogP contribution in [0.5, 0.6) is 5.75 Å². The van der Waals surface area contributed by atoms with E-state index in [9.17, 15) is 5.11 Å². The van der Waals surface area contributed by atoms with Crippen molar-refractivity contribution in [2.45, 2.75) is 20.0 Å². The maximum atomic E-state index is 9.56. The lowest BCUT2D eigenvalue weighted by atomic mass is 10.1. The van der Waals surface area contributed by atoms with E-state index in [4.69, 9.17) is 21.1 Å². The SMILES string of the molecule is CCOCCOc1ccc(Cl)cc1C(C)O. The van der Waals surface area contributed by atoms with Crippen molar-refractivity contribution in [3.8, 4) is 5.75 Å². The van der Waals surface area contributed by atoms with Crippen molar-refractivity contribution in [2.24, 2.45) is 0 Å². The highest BCUT2D eigenvalue weighted by Crippen LogP contribution is 2.28. The van der Waals surface area contributed by atoms with Crippen molar-refractivity contribution in [2.75, 3.05) is 19.8 Å². The standard InChI is InChI=1S/C12H17ClO3/c1-3-15-6-7-16-12-5-4-10(13)8-11(12)9(2)14/h4-5,8-9,14H,3,6-7H2,1-2H3. The van der Waals surface area contributed by atoms with E-state index >= 15 is 0 Å². The van der Waals surface area contributed by atoms with Gasteiger partial charge < -0.3 is 14.6 Å². The third kappa shape index (κ3) is 4.00. The molecule has 0 aromatic heterocycles. The molecule has 0 aliphatic rings. The topological polar surface area (TPSA) is 38.7 Å². The third-order valence-corrected chi connectivity index (χ3v) is 2.35. The lowest BCUT2D eigenvalue weighted by Crippen LogP contribution is -2.08. The van der Waals surface area contributed by atoms with Crippen LogP contribution in [0.4, 0.5) is 0 Å². The summed E-state index contributed by atoms with van der Waals surface area (Å²) in [5, 5.41) is 10.2. The molecule has 0 spiro atoms. The van der Waals surface area contributed by atoms with E-state index in [1.165, 1.54) is 0 Å². The molecule has 0 saturated heterocycles. The Balaban J connectivity index is 2.64. The van der Waals surface area contributed by atoms with Gasteiger partial charge in [-0.05, 0) is 32.0 Å². The van der Waals surface area contributed by atoms with Crippen molar-refractivity contribution in [1.82, 2.24) is 0 Å². The first-order valence-electron chi connectivity index (χ1n) is 5.33. The number of ether oxygens (including phenoxy) is 2. The second-order valence-electron chi connectivity index (χ2n) is 3.40. The van der Waals surface area contributed by atoms with Gasteiger partial charge in [0.2, 0.25) is 0 Å². The predicted octanol–water partition coefficient (Wildman–Crippen LogP) is 2.81. The second kappa shape index (κ2) is 6.74. The van der Waals surface area contributed by atoms with Crippen LogP contribution in [0.3, 0.4) is 0 Å². The first-order valence-corrected chi connectivity index (χ1v) is 5.71. The summed E-state index contributed by atoms with van der Waals surface area (Å²) < 4.78 is 10.7. The van der Waals surface area contributed by atoms with Crippen LogP contribution in [-0.2, 0) is 4.74 Å². The van der Waals surface area contributed by atoms with Crippen molar-refractivity contribution in [3.63, 3.8) is 0 Å². The summed E-state index contributed by atoms with van der Waals surface area (Å²) in [6.45, 7) is 5.30. The van der Waals surface area contributed by atoms with E-state index in [2.05, 4.69) is 0 Å². The summed E-state index contributed by atoms with van der Waals surface area (Å²) >= 11 is 5.85. The number of aliphatic hydroxyl groups is 1. The van der Waals surface area contributed by atoms with Gasteiger partial charge in [0.15, 0.2) is 0 Å². The molecule has 0 bridgehead atoms. The molecule has 90 valence electrons. The summed E-state index contributed by atoms with van der Waals surface area (Å²) in [7, 11) is 0. The van der Waals surface area contributed by atoms with Gasteiger partial charge >= 0.3 is 0 Å². The fourth-order valence-corrected chi connectivity index (χ4v) is 1.51. The van der Waals surface area contributed by atoms with Gasteiger partial charge in [-0.15, -0.1) is 0 Å². The van der Waals surface area contributed by atoms with Crippen LogP contribution in [0.25, 0.3) is 0 Å². The maximum Gasteiger partial charge on any atom is 0.125 e. The van der Waals surface area contributed by atoms with E-state index in [-0.39, 0.29) is 0 Å². The minimum absolute atomic E-state index is 0.467. The first kappa shape index (κ1) is 13.3. The van der Waals surface area contributed by atoms with E-state index in [1.54, 1.807) is 25.1 Å². The summed E-state index contributed by atoms with van der Waals surface area (Å²) in [4.78, 5) is 0. The van der Waals surface area contributed by atoms with Crippen molar-refractivity contribution in [3.05, 3.63) is 28.8 Å². The number of aliphatic hydroxyl groups excluding tert-OH is 1. The van der Waals surface area contributed by atoms with Crippen LogP contribution in [0.15, 0.2) is 18.2 Å². The Morgan fingerprint density at radius 2 is 2.12 bits per heavy atom. The number of benzene rings is 1. The predicted molar refractivity (Wildman–Crippen MR) is 64.1 cm³/mol. The zero-order valence-corrected chi connectivity index (χ0v) is 10.3. The monoisotopic (exact) mass is 244 g/mol. The number of rotatable bonds is 6. The first-order chi connectivity index (χ1) is 7.65. The van der Waals surface area contributed by atoms with Crippen LogP contribution in [0.2, 0.25) is 5.02 Å². The van der Waals surface area contributed by atoms with E-state index in [0.29, 0.717) is 36.2 Å². The molecule has 16 heavy (non-hydrogen) atoms. The molecule has 0 aliphatic heterocycles. The molecule has 4 heteroatoms. The minimum Gasteiger partial charge on any atom is -0.491 e. The van der Waals surface area contributed by atoms with Gasteiger partial charge in [0.1, 0.15) is 12.4 Å². The smallest absolute Gasteiger partial charge is 0.125 e. The highest BCUT2D eigenvalue weighted by atomic mass is 35.5. The molecule has 3 nitrogen and oxygen atoms in total. The average Bonchev–Trinajstić information content (AvgIpc) is 2.26. The average molecular weight is 245 g/mol. The fourth-order valence-electron chi connectivity index (χ4n) is 1.33. The molecule has 0 fully saturated rings. The Labute approximate surface area is 101 Å². The Bertz CT molecular complexity index is 326. The van der Waals surface area contributed by atoms with Gasteiger partial charge in [-0.25, -0.2) is 0 Å². The highest BCUT2D eigenvalue weighted by molar-refractivity contribution is 6.30. The van der Waals surface area contributed by atoms with Crippen LogP contribution >= 0.6 is 11.6 Å². The fraction of sp³-hybridized carbons (Fsp3) is 0.500. The normalized spacial score (nSPS) is 12.5. The molecule has 0 radical (unpaired) electrons. The van der Waals surface area contributed by atoms with Gasteiger partial charge in [0, 0.05) is 17.2 Å². The molecule has 0 heterocycles. The van der Waals surface area contributed by atoms with Gasteiger partial charge in [-0.2, -0.15) is 0 Å². The molecular weight excluding hydrogens is 228 g/mol. The van der Waals surface area contributed by atoms with Crippen molar-refractivity contribution >= 4 is 11.6 Å². The van der Waals surface area contributed by atoms with Crippen molar-refractivity contribution < 1.29 is 14.6 Å². The summed E-state index contributed by atoms with van der Waals surface area (Å²) in [6.07, 6.45) is -0.596. The number of hydrogen-bond acceptors (Lipinski definition) is 3. The Hall–Kier alpha value is -0.770. The van der Waals surface area contributed by atoms with E-state index in [1.807, 2.05) is 6.92 Å². The molecule has 1 N–H and O–H groups in total. The lowest BCUT2D eigenvalue weighted by molar-refractivity contribution is 0.108. The minimum atomic E-state index is -0.596. The molecule has 0 saturated carbocycles. The van der Waals surface area contributed by atoms with E-state index < -0.39 is 6.10 Å². The molecule has 1 aromatic carbocycles.